The predicted octanol–water partition coefficient (Wildman–Crippen LogP) is 7.66. The number of allylic oxidation sites excluding steroid dienone is 2. The highest BCUT2D eigenvalue weighted by atomic mass is 16.5. The average molecular weight is 520 g/mol. The highest BCUT2D eigenvalue weighted by Gasteiger charge is 2.15. The van der Waals surface area contributed by atoms with Gasteiger partial charge in [-0.15, -0.1) is 0 Å². The van der Waals surface area contributed by atoms with E-state index >= 15 is 0 Å². The van der Waals surface area contributed by atoms with Gasteiger partial charge in [-0.1, -0.05) is 61.5 Å². The molecule has 200 valence electrons. The van der Waals surface area contributed by atoms with Crippen LogP contribution in [0.25, 0.3) is 22.0 Å². The van der Waals surface area contributed by atoms with Crippen LogP contribution in [0.3, 0.4) is 0 Å². The number of carbonyl (C=O) groups excluding carboxylic acids is 1. The van der Waals surface area contributed by atoms with Gasteiger partial charge in [0.2, 0.25) is 5.91 Å². The van der Waals surface area contributed by atoms with E-state index in [2.05, 4.69) is 89.9 Å². The Labute approximate surface area is 231 Å². The molecular formula is C34H37N3O2. The minimum Gasteiger partial charge on any atom is -0.494 e. The lowest BCUT2D eigenvalue weighted by atomic mass is 9.88. The Morgan fingerprint density at radius 3 is 2.49 bits per heavy atom. The molecule has 39 heavy (non-hydrogen) atoms. The molecule has 2 heterocycles. The summed E-state index contributed by atoms with van der Waals surface area (Å²) < 4.78 is 6.05. The lowest BCUT2D eigenvalue weighted by molar-refractivity contribution is -0.125. The van der Waals surface area contributed by atoms with Crippen molar-refractivity contribution in [3.05, 3.63) is 108 Å². The smallest absolute Gasteiger partial charge is 0.246 e. The molecule has 4 aromatic rings. The number of carbonyl (C=O) groups is 1. The summed E-state index contributed by atoms with van der Waals surface area (Å²) >= 11 is 0. The van der Waals surface area contributed by atoms with Crippen molar-refractivity contribution in [2.45, 2.75) is 45.4 Å². The molecule has 0 aliphatic carbocycles. The van der Waals surface area contributed by atoms with Crippen LogP contribution in [0.4, 0.5) is 0 Å². The van der Waals surface area contributed by atoms with E-state index in [0.29, 0.717) is 6.61 Å². The van der Waals surface area contributed by atoms with Crippen LogP contribution in [0, 0.1) is 0 Å². The predicted molar refractivity (Wildman–Crippen MR) is 159 cm³/mol. The number of H-pyrrole nitrogens is 1. The minimum absolute atomic E-state index is 0.153. The van der Waals surface area contributed by atoms with Crippen LogP contribution in [-0.2, 0) is 4.79 Å². The van der Waals surface area contributed by atoms with E-state index in [9.17, 15) is 4.79 Å². The first kappa shape index (κ1) is 26.5. The fourth-order valence-electron chi connectivity index (χ4n) is 5.28. The molecule has 5 nitrogen and oxygen atoms in total. The number of aromatic nitrogens is 2. The molecule has 1 aliphatic heterocycles. The van der Waals surface area contributed by atoms with Crippen LogP contribution in [0.1, 0.15) is 62.1 Å². The zero-order valence-electron chi connectivity index (χ0n) is 22.7. The third-order valence-electron chi connectivity index (χ3n) is 7.36. The summed E-state index contributed by atoms with van der Waals surface area (Å²) in [4.78, 5) is 14.0. The normalized spacial score (nSPS) is 14.2. The molecular weight excluding hydrogens is 482 g/mol. The number of amides is 1. The van der Waals surface area contributed by atoms with Gasteiger partial charge in [0.05, 0.1) is 18.3 Å². The second kappa shape index (κ2) is 13.1. The first-order valence-electron chi connectivity index (χ1n) is 14.1. The standard InChI is InChI=1S/C34H37N3O2/c1-2-31(26-12-6-5-7-13-26)34(28-17-20-32-29(24-28)25-35-36-32)27-15-18-30(19-16-27)39-23-11-4-3-8-14-33(38)37-21-9-10-22-37/h5-8,12-20,24-25H,2-4,9-11,21-23H2,1H3,(H,35,36)/b14-8+,34-31+. The van der Waals surface area contributed by atoms with Crippen LogP contribution in [0.2, 0.25) is 0 Å². The number of fused-ring (bicyclic) bond motifs is 1. The monoisotopic (exact) mass is 519 g/mol. The summed E-state index contributed by atoms with van der Waals surface area (Å²) in [5.74, 6) is 1.03. The molecule has 0 atom stereocenters. The topological polar surface area (TPSA) is 58.2 Å². The van der Waals surface area contributed by atoms with Crippen molar-refractivity contribution >= 4 is 28.0 Å². The number of benzene rings is 3. The molecule has 1 saturated heterocycles. The van der Waals surface area contributed by atoms with Crippen LogP contribution in [0.5, 0.6) is 5.75 Å². The molecule has 5 heteroatoms. The highest BCUT2D eigenvalue weighted by Crippen LogP contribution is 2.36. The number of hydrogen-bond acceptors (Lipinski definition) is 3. The summed E-state index contributed by atoms with van der Waals surface area (Å²) in [5, 5.41) is 8.36. The highest BCUT2D eigenvalue weighted by molar-refractivity contribution is 6.00. The molecule has 0 spiro atoms. The molecule has 1 amide bonds. The molecule has 0 radical (unpaired) electrons. The van der Waals surface area contributed by atoms with Gasteiger partial charge in [0.25, 0.3) is 0 Å². The third-order valence-corrected chi connectivity index (χ3v) is 7.36. The molecule has 1 aromatic heterocycles. The Balaban J connectivity index is 1.25. The van der Waals surface area contributed by atoms with Gasteiger partial charge in [-0.2, -0.15) is 5.10 Å². The second-order valence-corrected chi connectivity index (χ2v) is 10.0. The zero-order chi connectivity index (χ0) is 26.9. The Hall–Kier alpha value is -4.12. The van der Waals surface area contributed by atoms with Crippen molar-refractivity contribution in [1.29, 1.82) is 0 Å². The van der Waals surface area contributed by atoms with Gasteiger partial charge < -0.3 is 9.64 Å². The number of rotatable bonds is 11. The number of nitrogens with one attached hydrogen (secondary N) is 1. The number of likely N-dealkylation sites (tertiary alicyclic amines) is 1. The molecule has 3 aromatic carbocycles. The van der Waals surface area contributed by atoms with E-state index in [-0.39, 0.29) is 5.91 Å². The maximum absolute atomic E-state index is 12.1. The van der Waals surface area contributed by atoms with Crippen LogP contribution >= 0.6 is 0 Å². The summed E-state index contributed by atoms with van der Waals surface area (Å²) in [6, 6.07) is 25.6. The number of unbranched alkanes of at least 4 members (excludes halogenated alkanes) is 2. The lowest BCUT2D eigenvalue weighted by Crippen LogP contribution is -2.25. The summed E-state index contributed by atoms with van der Waals surface area (Å²) in [6.07, 6.45) is 11.6. The van der Waals surface area contributed by atoms with Crippen molar-refractivity contribution in [3.63, 3.8) is 0 Å². The van der Waals surface area contributed by atoms with Gasteiger partial charge in [0.15, 0.2) is 0 Å². The molecule has 0 unspecified atom stereocenters. The van der Waals surface area contributed by atoms with Crippen LogP contribution in [0.15, 0.2) is 91.1 Å². The van der Waals surface area contributed by atoms with Gasteiger partial charge in [0, 0.05) is 18.5 Å². The van der Waals surface area contributed by atoms with Crippen molar-refractivity contribution in [2.75, 3.05) is 19.7 Å². The Bertz CT molecular complexity index is 1430. The van der Waals surface area contributed by atoms with Crippen molar-refractivity contribution in [2.24, 2.45) is 0 Å². The fourth-order valence-corrected chi connectivity index (χ4v) is 5.28. The number of nitrogens with zero attached hydrogens (tertiary/aromatic N) is 2. The number of hydrogen-bond donors (Lipinski definition) is 1. The van der Waals surface area contributed by atoms with Gasteiger partial charge in [-0.3, -0.25) is 9.89 Å². The maximum atomic E-state index is 12.1. The van der Waals surface area contributed by atoms with E-state index in [4.69, 9.17) is 4.74 Å². The minimum atomic E-state index is 0.153. The Morgan fingerprint density at radius 1 is 0.949 bits per heavy atom. The van der Waals surface area contributed by atoms with Crippen LogP contribution in [-0.4, -0.2) is 40.7 Å². The fraction of sp³-hybridized carbons (Fsp3) is 0.294. The molecule has 1 aliphatic rings. The van der Waals surface area contributed by atoms with Gasteiger partial charge >= 0.3 is 0 Å². The van der Waals surface area contributed by atoms with Crippen molar-refractivity contribution in [3.8, 4) is 5.75 Å². The van der Waals surface area contributed by atoms with E-state index in [1.807, 2.05) is 17.2 Å². The third kappa shape index (κ3) is 6.66. The molecule has 1 fully saturated rings. The molecule has 0 saturated carbocycles. The SMILES string of the molecule is CC/C(=C(/c1ccc(OCCCC/C=C/C(=O)N2CCCC2)cc1)c1ccc2[nH]ncc2c1)c1ccccc1. The molecule has 1 N–H and O–H groups in total. The summed E-state index contributed by atoms with van der Waals surface area (Å²) in [7, 11) is 0. The van der Waals surface area contributed by atoms with Crippen molar-refractivity contribution < 1.29 is 9.53 Å². The van der Waals surface area contributed by atoms with Gasteiger partial charge in [0.1, 0.15) is 5.75 Å². The Morgan fingerprint density at radius 2 is 1.72 bits per heavy atom. The number of ether oxygens (including phenoxy) is 1. The van der Waals surface area contributed by atoms with Crippen molar-refractivity contribution in [1.82, 2.24) is 15.1 Å². The first-order valence-corrected chi connectivity index (χ1v) is 14.1. The van der Waals surface area contributed by atoms with E-state index in [1.165, 1.54) is 27.8 Å². The Kier molecular flexibility index (Phi) is 8.90. The quantitative estimate of drug-likeness (QED) is 0.126. The van der Waals surface area contributed by atoms with Gasteiger partial charge in [-0.05, 0) is 96.7 Å². The lowest BCUT2D eigenvalue weighted by Gasteiger charge is -2.17. The molecule has 0 bridgehead atoms. The second-order valence-electron chi connectivity index (χ2n) is 10.0. The maximum Gasteiger partial charge on any atom is 0.246 e. The van der Waals surface area contributed by atoms with E-state index < -0.39 is 0 Å². The first-order chi connectivity index (χ1) is 19.2. The number of aromatic amines is 1. The average Bonchev–Trinajstić information content (AvgIpc) is 3.69. The molecule has 5 rings (SSSR count). The van der Waals surface area contributed by atoms with E-state index in [1.54, 1.807) is 6.08 Å². The van der Waals surface area contributed by atoms with Gasteiger partial charge in [-0.25, -0.2) is 0 Å². The van der Waals surface area contributed by atoms with Crippen LogP contribution < -0.4 is 4.74 Å². The van der Waals surface area contributed by atoms with E-state index in [0.717, 1.165) is 68.3 Å². The summed E-state index contributed by atoms with van der Waals surface area (Å²) in [6.45, 7) is 4.68. The summed E-state index contributed by atoms with van der Waals surface area (Å²) in [5.41, 5.74) is 7.15. The zero-order valence-corrected chi connectivity index (χ0v) is 22.7. The largest absolute Gasteiger partial charge is 0.494 e.